The number of benzene rings is 2. The van der Waals surface area contributed by atoms with Gasteiger partial charge in [-0.1, -0.05) is 24.3 Å². The predicted molar refractivity (Wildman–Crippen MR) is 92.0 cm³/mol. The molecule has 1 amide bonds. The van der Waals surface area contributed by atoms with Crippen molar-refractivity contribution in [1.29, 1.82) is 5.26 Å². The Morgan fingerprint density at radius 2 is 2.04 bits per heavy atom. The van der Waals surface area contributed by atoms with E-state index in [9.17, 15) is 14.0 Å². The highest BCUT2D eigenvalue weighted by molar-refractivity contribution is 5.95. The normalized spacial score (nSPS) is 15.4. The van der Waals surface area contributed by atoms with Crippen LogP contribution in [0.1, 0.15) is 21.5 Å². The van der Waals surface area contributed by atoms with Gasteiger partial charge >= 0.3 is 5.97 Å². The molecule has 0 aliphatic carbocycles. The Morgan fingerprint density at radius 1 is 1.23 bits per heavy atom. The van der Waals surface area contributed by atoms with Crippen molar-refractivity contribution in [2.75, 3.05) is 18.4 Å². The number of cyclic esters (lactones) is 1. The van der Waals surface area contributed by atoms with Crippen molar-refractivity contribution >= 4 is 17.6 Å². The number of carbonyl (C=O) groups is 2. The maximum atomic E-state index is 13.5. The minimum absolute atomic E-state index is 0.0726. The number of halogens is 1. The molecule has 26 heavy (non-hydrogen) atoms. The minimum Gasteiger partial charge on any atom is -0.448 e. The number of nitrogens with one attached hydrogen (secondary N) is 2. The molecule has 1 atom stereocenters. The molecule has 1 heterocycles. The lowest BCUT2D eigenvalue weighted by Crippen LogP contribution is -2.43. The molecule has 2 aromatic carbocycles. The quantitative estimate of drug-likeness (QED) is 0.634. The summed E-state index contributed by atoms with van der Waals surface area (Å²) in [6.45, 7) is 0.525. The van der Waals surface area contributed by atoms with Crippen LogP contribution >= 0.6 is 0 Å². The number of fused-ring (bicyclic) bond motifs is 1. The number of hydrogen-bond donors (Lipinski definition) is 2. The molecule has 0 bridgehead atoms. The molecule has 1 unspecified atom stereocenters. The van der Waals surface area contributed by atoms with Crippen molar-refractivity contribution in [3.05, 3.63) is 65.0 Å². The van der Waals surface area contributed by atoms with Crippen LogP contribution in [-0.2, 0) is 16.0 Å². The third kappa shape index (κ3) is 3.64. The molecule has 0 saturated heterocycles. The van der Waals surface area contributed by atoms with Gasteiger partial charge in [-0.3, -0.25) is 4.79 Å². The Morgan fingerprint density at radius 3 is 2.85 bits per heavy atom. The molecule has 0 radical (unpaired) electrons. The summed E-state index contributed by atoms with van der Waals surface area (Å²) < 4.78 is 18.7. The van der Waals surface area contributed by atoms with Crippen LogP contribution < -0.4 is 10.6 Å². The number of rotatable bonds is 5. The molecule has 6 nitrogen and oxygen atoms in total. The zero-order chi connectivity index (χ0) is 18.5. The fourth-order valence-corrected chi connectivity index (χ4v) is 2.76. The number of esters is 1. The van der Waals surface area contributed by atoms with Gasteiger partial charge in [-0.2, -0.15) is 5.26 Å². The largest absolute Gasteiger partial charge is 0.448 e. The number of nitrogens with zero attached hydrogens (tertiary/aromatic N) is 1. The van der Waals surface area contributed by atoms with Crippen LogP contribution in [0.2, 0.25) is 0 Å². The SMILES string of the molecule is N#Cc1c(F)cccc1NCCNC(=O)C1Cc2ccccc2C(=O)O1. The van der Waals surface area contributed by atoms with Gasteiger partial charge < -0.3 is 15.4 Å². The van der Waals surface area contributed by atoms with E-state index in [1.165, 1.54) is 12.1 Å². The summed E-state index contributed by atoms with van der Waals surface area (Å²) >= 11 is 0. The van der Waals surface area contributed by atoms with E-state index in [1.54, 1.807) is 30.3 Å². The molecule has 0 saturated carbocycles. The molecule has 0 aromatic heterocycles. The summed E-state index contributed by atoms with van der Waals surface area (Å²) in [6, 6.07) is 13.1. The molecule has 7 heteroatoms. The Kier molecular flexibility index (Phi) is 5.13. The van der Waals surface area contributed by atoms with Gasteiger partial charge in [-0.25, -0.2) is 9.18 Å². The standard InChI is InChI=1S/C19H16FN3O3/c20-15-6-3-7-16(14(15)11-21)22-8-9-23-18(24)17-10-12-4-1-2-5-13(12)19(25)26-17/h1-7,17,22H,8-10H2,(H,23,24). The number of nitriles is 1. The van der Waals surface area contributed by atoms with Crippen LogP contribution in [0.15, 0.2) is 42.5 Å². The van der Waals surface area contributed by atoms with Crippen LogP contribution in [0, 0.1) is 17.1 Å². The van der Waals surface area contributed by atoms with E-state index in [0.717, 1.165) is 5.56 Å². The van der Waals surface area contributed by atoms with Crippen molar-refractivity contribution in [2.24, 2.45) is 0 Å². The molecular weight excluding hydrogens is 337 g/mol. The van der Waals surface area contributed by atoms with Crippen molar-refractivity contribution < 1.29 is 18.7 Å². The second-order valence-electron chi connectivity index (χ2n) is 5.75. The molecule has 2 aromatic rings. The summed E-state index contributed by atoms with van der Waals surface area (Å²) in [6.07, 6.45) is -0.551. The molecule has 132 valence electrons. The molecule has 3 rings (SSSR count). The van der Waals surface area contributed by atoms with E-state index in [2.05, 4.69) is 10.6 Å². The second kappa shape index (κ2) is 7.66. The lowest BCUT2D eigenvalue weighted by molar-refractivity contribution is -0.130. The van der Waals surface area contributed by atoms with E-state index in [0.29, 0.717) is 24.2 Å². The van der Waals surface area contributed by atoms with Gasteiger partial charge in [-0.05, 0) is 23.8 Å². The maximum absolute atomic E-state index is 13.5. The van der Waals surface area contributed by atoms with E-state index < -0.39 is 23.8 Å². The average Bonchev–Trinajstić information content (AvgIpc) is 2.65. The van der Waals surface area contributed by atoms with Crippen LogP contribution in [0.4, 0.5) is 10.1 Å². The van der Waals surface area contributed by atoms with Gasteiger partial charge in [0.1, 0.15) is 17.4 Å². The lowest BCUT2D eigenvalue weighted by atomic mass is 9.98. The second-order valence-corrected chi connectivity index (χ2v) is 5.75. The monoisotopic (exact) mass is 353 g/mol. The fraction of sp³-hybridized carbons (Fsp3) is 0.211. The van der Waals surface area contributed by atoms with Gasteiger partial charge in [-0.15, -0.1) is 0 Å². The summed E-state index contributed by atoms with van der Waals surface area (Å²) in [5.74, 6) is -1.51. The van der Waals surface area contributed by atoms with Crippen molar-refractivity contribution in [1.82, 2.24) is 5.32 Å². The van der Waals surface area contributed by atoms with E-state index >= 15 is 0 Å². The van der Waals surface area contributed by atoms with E-state index in [-0.39, 0.29) is 12.1 Å². The molecule has 0 spiro atoms. The topological polar surface area (TPSA) is 91.2 Å². The van der Waals surface area contributed by atoms with Gasteiger partial charge in [0, 0.05) is 19.5 Å². The summed E-state index contributed by atoms with van der Waals surface area (Å²) in [5.41, 5.74) is 1.55. The number of amides is 1. The Hall–Kier alpha value is -3.40. The number of hydrogen-bond acceptors (Lipinski definition) is 5. The van der Waals surface area contributed by atoms with Gasteiger partial charge in [0.15, 0.2) is 6.10 Å². The molecule has 2 N–H and O–H groups in total. The third-order valence-corrected chi connectivity index (χ3v) is 4.05. The van der Waals surface area contributed by atoms with E-state index in [4.69, 9.17) is 10.00 Å². The molecular formula is C19H16FN3O3. The van der Waals surface area contributed by atoms with Crippen LogP contribution in [0.25, 0.3) is 0 Å². The fourth-order valence-electron chi connectivity index (χ4n) is 2.76. The Labute approximate surface area is 149 Å². The third-order valence-electron chi connectivity index (χ3n) is 4.05. The summed E-state index contributed by atoms with van der Waals surface area (Å²) in [5, 5.41) is 14.5. The van der Waals surface area contributed by atoms with Gasteiger partial charge in [0.05, 0.1) is 11.3 Å². The van der Waals surface area contributed by atoms with Crippen molar-refractivity contribution in [3.8, 4) is 6.07 Å². The first kappa shape index (κ1) is 17.4. The first-order chi connectivity index (χ1) is 12.6. The Balaban J connectivity index is 1.52. The predicted octanol–water partition coefficient (Wildman–Crippen LogP) is 2.01. The van der Waals surface area contributed by atoms with Crippen molar-refractivity contribution in [2.45, 2.75) is 12.5 Å². The number of anilines is 1. The maximum Gasteiger partial charge on any atom is 0.339 e. The summed E-state index contributed by atoms with van der Waals surface area (Å²) in [7, 11) is 0. The highest BCUT2D eigenvalue weighted by Gasteiger charge is 2.30. The minimum atomic E-state index is -0.874. The lowest BCUT2D eigenvalue weighted by Gasteiger charge is -2.23. The van der Waals surface area contributed by atoms with Crippen LogP contribution in [-0.4, -0.2) is 31.1 Å². The smallest absolute Gasteiger partial charge is 0.339 e. The number of ether oxygens (including phenoxy) is 1. The van der Waals surface area contributed by atoms with Gasteiger partial charge in [0.2, 0.25) is 0 Å². The first-order valence-electron chi connectivity index (χ1n) is 8.09. The highest BCUT2D eigenvalue weighted by Crippen LogP contribution is 2.20. The van der Waals surface area contributed by atoms with Crippen LogP contribution in [0.5, 0.6) is 0 Å². The van der Waals surface area contributed by atoms with Crippen LogP contribution in [0.3, 0.4) is 0 Å². The zero-order valence-electron chi connectivity index (χ0n) is 13.8. The highest BCUT2D eigenvalue weighted by atomic mass is 19.1. The van der Waals surface area contributed by atoms with Gasteiger partial charge in [0.25, 0.3) is 5.91 Å². The first-order valence-corrected chi connectivity index (χ1v) is 8.09. The summed E-state index contributed by atoms with van der Waals surface area (Å²) in [4.78, 5) is 24.2. The molecule has 0 fully saturated rings. The zero-order valence-corrected chi connectivity index (χ0v) is 13.8. The van der Waals surface area contributed by atoms with Crippen molar-refractivity contribution in [3.63, 3.8) is 0 Å². The number of carbonyl (C=O) groups excluding carboxylic acids is 2. The Bertz CT molecular complexity index is 892. The molecule has 1 aliphatic rings. The average molecular weight is 353 g/mol. The van der Waals surface area contributed by atoms with E-state index in [1.807, 2.05) is 6.07 Å². The molecule has 1 aliphatic heterocycles.